The third-order valence-electron chi connectivity index (χ3n) is 5.42. The number of nitriles is 1. The van der Waals surface area contributed by atoms with E-state index in [-0.39, 0.29) is 42.0 Å². The van der Waals surface area contributed by atoms with Crippen molar-refractivity contribution in [1.82, 2.24) is 4.57 Å². The summed E-state index contributed by atoms with van der Waals surface area (Å²) in [6.07, 6.45) is 0.862. The molecule has 2 aromatic rings. The van der Waals surface area contributed by atoms with Crippen molar-refractivity contribution >= 4 is 23.3 Å². The van der Waals surface area contributed by atoms with Crippen LogP contribution in [0.4, 0.5) is 11.4 Å². The molecule has 1 atom stereocenters. The molecule has 0 saturated carbocycles. The first-order valence-electron chi connectivity index (χ1n) is 11.9. The molecule has 1 heterocycles. The Bertz CT molecular complexity index is 1230. The van der Waals surface area contributed by atoms with E-state index < -0.39 is 29.9 Å². The zero-order chi connectivity index (χ0) is 27.5. The van der Waals surface area contributed by atoms with Gasteiger partial charge in [-0.25, -0.2) is 4.79 Å². The number of nitrogens with zero attached hydrogens (tertiary/aromatic N) is 4. The summed E-state index contributed by atoms with van der Waals surface area (Å²) < 4.78 is 16.3. The zero-order valence-corrected chi connectivity index (χ0v) is 21.7. The van der Waals surface area contributed by atoms with Gasteiger partial charge in [-0.1, -0.05) is 20.3 Å². The van der Waals surface area contributed by atoms with Crippen LogP contribution in [-0.2, 0) is 25.5 Å². The Labute approximate surface area is 215 Å². The summed E-state index contributed by atoms with van der Waals surface area (Å²) in [5.74, 6) is -1.66. The molecule has 0 radical (unpaired) electrons. The van der Waals surface area contributed by atoms with Crippen LogP contribution < -0.4 is 5.56 Å². The fourth-order valence-electron chi connectivity index (χ4n) is 3.01. The van der Waals surface area contributed by atoms with Crippen LogP contribution in [0, 0.1) is 24.2 Å². The van der Waals surface area contributed by atoms with Crippen molar-refractivity contribution in [2.45, 2.75) is 53.7 Å². The molecule has 37 heavy (non-hydrogen) atoms. The van der Waals surface area contributed by atoms with Gasteiger partial charge in [-0.05, 0) is 51.0 Å². The van der Waals surface area contributed by atoms with E-state index in [2.05, 4.69) is 10.2 Å². The van der Waals surface area contributed by atoms with Crippen LogP contribution in [0.5, 0.6) is 5.88 Å². The molecule has 11 nitrogen and oxygen atoms in total. The van der Waals surface area contributed by atoms with Gasteiger partial charge in [0.2, 0.25) is 5.88 Å². The minimum absolute atomic E-state index is 0.0305. The Kier molecular flexibility index (Phi) is 11.0. The normalized spacial score (nSPS) is 11.9. The molecule has 1 aromatic carbocycles. The smallest absolute Gasteiger partial charge is 0.338 e. The van der Waals surface area contributed by atoms with Gasteiger partial charge in [0.1, 0.15) is 24.8 Å². The lowest BCUT2D eigenvalue weighted by atomic mass is 10.1. The Morgan fingerprint density at radius 2 is 1.78 bits per heavy atom. The van der Waals surface area contributed by atoms with Crippen molar-refractivity contribution in [2.75, 3.05) is 19.8 Å². The van der Waals surface area contributed by atoms with Crippen LogP contribution in [0.25, 0.3) is 0 Å². The number of hydrogen-bond acceptors (Lipinski definition) is 10. The van der Waals surface area contributed by atoms with Gasteiger partial charge in [-0.3, -0.25) is 14.2 Å². The fourth-order valence-corrected chi connectivity index (χ4v) is 3.01. The maximum absolute atomic E-state index is 13.0. The number of aromatic nitrogens is 1. The molecule has 0 fully saturated rings. The van der Waals surface area contributed by atoms with Crippen LogP contribution in [0.3, 0.4) is 0 Å². The first-order chi connectivity index (χ1) is 17.6. The third-order valence-corrected chi connectivity index (χ3v) is 5.42. The maximum Gasteiger partial charge on any atom is 0.338 e. The number of azo groups is 1. The van der Waals surface area contributed by atoms with Gasteiger partial charge in [-0.15, -0.1) is 5.11 Å². The number of carbonyl (C=O) groups excluding carboxylic acids is 2. The minimum Gasteiger partial charge on any atom is -0.493 e. The van der Waals surface area contributed by atoms with Gasteiger partial charge in [-0.2, -0.15) is 10.4 Å². The van der Waals surface area contributed by atoms with Crippen LogP contribution in [-0.4, -0.2) is 47.5 Å². The van der Waals surface area contributed by atoms with Crippen LogP contribution >= 0.6 is 0 Å². The Morgan fingerprint density at radius 3 is 2.38 bits per heavy atom. The van der Waals surface area contributed by atoms with Gasteiger partial charge in [0, 0.05) is 5.56 Å². The van der Waals surface area contributed by atoms with E-state index in [9.17, 15) is 24.8 Å². The Hall–Kier alpha value is -4.04. The molecule has 1 N–H and O–H groups in total. The second-order valence-electron chi connectivity index (χ2n) is 8.67. The first kappa shape index (κ1) is 29.2. The van der Waals surface area contributed by atoms with E-state index in [1.807, 2.05) is 33.8 Å². The van der Waals surface area contributed by atoms with Crippen molar-refractivity contribution in [3.63, 3.8) is 0 Å². The summed E-state index contributed by atoms with van der Waals surface area (Å²) in [7, 11) is 0. The summed E-state index contributed by atoms with van der Waals surface area (Å²) in [6, 6.07) is 7.92. The third kappa shape index (κ3) is 8.25. The standard InChI is InChI=1S/C26H32N4O7/c1-6-17(4)15-37-26(34)19-7-9-20(10-8-19)28-29-23-18(5)21(13-27)24(32)30(25(23)33)14-22(31)36-12-11-35-16(2)3/h7-10,16-17,32H,6,11-12,14-15H2,1-5H3. The highest BCUT2D eigenvalue weighted by atomic mass is 16.6. The second-order valence-corrected chi connectivity index (χ2v) is 8.67. The van der Waals surface area contributed by atoms with E-state index in [0.29, 0.717) is 22.4 Å². The highest BCUT2D eigenvalue weighted by Gasteiger charge is 2.21. The molecule has 11 heteroatoms. The number of rotatable bonds is 12. The van der Waals surface area contributed by atoms with Crippen molar-refractivity contribution in [3.05, 3.63) is 51.3 Å². The number of benzene rings is 1. The molecule has 1 aromatic heterocycles. The molecule has 0 spiro atoms. The highest BCUT2D eigenvalue weighted by molar-refractivity contribution is 5.89. The van der Waals surface area contributed by atoms with Gasteiger partial charge in [0.05, 0.1) is 30.6 Å². The summed E-state index contributed by atoms with van der Waals surface area (Å²) in [4.78, 5) is 37.4. The molecule has 0 aliphatic rings. The van der Waals surface area contributed by atoms with Crippen molar-refractivity contribution in [1.29, 1.82) is 5.26 Å². The molecular weight excluding hydrogens is 480 g/mol. The SMILES string of the molecule is CCC(C)COC(=O)c1ccc(N=Nc2c(C)c(C#N)c(O)n(CC(=O)OCCOC(C)C)c2=O)cc1. The van der Waals surface area contributed by atoms with E-state index >= 15 is 0 Å². The van der Waals surface area contributed by atoms with Crippen LogP contribution in [0.15, 0.2) is 39.3 Å². The first-order valence-corrected chi connectivity index (χ1v) is 11.9. The van der Waals surface area contributed by atoms with Gasteiger partial charge in [0.15, 0.2) is 5.69 Å². The van der Waals surface area contributed by atoms with Crippen LogP contribution in [0.1, 0.15) is 55.6 Å². The Morgan fingerprint density at radius 1 is 1.11 bits per heavy atom. The van der Waals surface area contributed by atoms with E-state index in [1.54, 1.807) is 0 Å². The van der Waals surface area contributed by atoms with E-state index in [0.717, 1.165) is 6.42 Å². The molecule has 0 aliphatic carbocycles. The molecule has 0 saturated heterocycles. The van der Waals surface area contributed by atoms with Gasteiger partial charge < -0.3 is 19.3 Å². The van der Waals surface area contributed by atoms with Crippen molar-refractivity contribution in [3.8, 4) is 11.9 Å². The van der Waals surface area contributed by atoms with Gasteiger partial charge in [0.25, 0.3) is 5.56 Å². The van der Waals surface area contributed by atoms with Crippen molar-refractivity contribution in [2.24, 2.45) is 16.1 Å². The topological polar surface area (TPSA) is 153 Å². The average molecular weight is 513 g/mol. The molecular formula is C26H32N4O7. The number of pyridine rings is 1. The summed E-state index contributed by atoms with van der Waals surface area (Å²) in [5.41, 5.74) is -0.479. The molecule has 0 amide bonds. The molecule has 1 unspecified atom stereocenters. The summed E-state index contributed by atoms with van der Waals surface area (Å²) >= 11 is 0. The van der Waals surface area contributed by atoms with Crippen molar-refractivity contribution < 1.29 is 28.9 Å². The molecule has 0 aliphatic heterocycles. The monoisotopic (exact) mass is 512 g/mol. The highest BCUT2D eigenvalue weighted by Crippen LogP contribution is 2.27. The largest absolute Gasteiger partial charge is 0.493 e. The second kappa shape index (κ2) is 13.9. The number of aromatic hydroxyl groups is 1. The predicted octanol–water partition coefficient (Wildman–Crippen LogP) is 4.32. The molecule has 198 valence electrons. The van der Waals surface area contributed by atoms with Crippen LogP contribution in [0.2, 0.25) is 0 Å². The maximum atomic E-state index is 13.0. The summed E-state index contributed by atoms with van der Waals surface area (Å²) in [5, 5.41) is 27.9. The number of esters is 2. The quantitative estimate of drug-likeness (QED) is 0.251. The van der Waals surface area contributed by atoms with Gasteiger partial charge >= 0.3 is 11.9 Å². The lowest BCUT2D eigenvalue weighted by Crippen LogP contribution is -2.27. The predicted molar refractivity (Wildman–Crippen MR) is 134 cm³/mol. The average Bonchev–Trinajstić information content (AvgIpc) is 2.88. The molecule has 2 rings (SSSR count). The van der Waals surface area contributed by atoms with E-state index in [1.165, 1.54) is 31.2 Å². The number of hydrogen-bond donors (Lipinski definition) is 1. The minimum atomic E-state index is -0.821. The fraction of sp³-hybridized carbons (Fsp3) is 0.462. The lowest BCUT2D eigenvalue weighted by Gasteiger charge is -2.13. The zero-order valence-electron chi connectivity index (χ0n) is 21.7. The number of ether oxygens (including phenoxy) is 3. The lowest BCUT2D eigenvalue weighted by molar-refractivity contribution is -0.146. The Balaban J connectivity index is 2.23. The van der Waals surface area contributed by atoms with E-state index in [4.69, 9.17) is 14.2 Å². The molecule has 0 bridgehead atoms. The number of carbonyl (C=O) groups is 2. The summed E-state index contributed by atoms with van der Waals surface area (Å²) in [6.45, 7) is 8.95.